The second-order valence-corrected chi connectivity index (χ2v) is 7.08. The third kappa shape index (κ3) is 3.39. The molecule has 8 nitrogen and oxygen atoms in total. The van der Waals surface area contributed by atoms with Gasteiger partial charge in [0, 0.05) is 23.3 Å². The normalized spacial score (nSPS) is 16.2. The second-order valence-electron chi connectivity index (χ2n) is 7.08. The predicted octanol–water partition coefficient (Wildman–Crippen LogP) is 3.53. The molecule has 2 aromatic carbocycles. The van der Waals surface area contributed by atoms with Gasteiger partial charge in [0.15, 0.2) is 0 Å². The van der Waals surface area contributed by atoms with Crippen LogP contribution in [0.3, 0.4) is 0 Å². The summed E-state index contributed by atoms with van der Waals surface area (Å²) in [5, 5.41) is 41.3. The van der Waals surface area contributed by atoms with Crippen molar-refractivity contribution in [2.45, 2.75) is 23.7 Å². The van der Waals surface area contributed by atoms with Gasteiger partial charge in [-0.1, -0.05) is 0 Å². The largest absolute Gasteiger partial charge is 0.497 e. The molecule has 1 heterocycles. The molecular formula is C24H20N4O4. The molecule has 0 aliphatic carbocycles. The topological polar surface area (TPSA) is 132 Å². The van der Waals surface area contributed by atoms with Crippen molar-refractivity contribution >= 4 is 0 Å². The van der Waals surface area contributed by atoms with Gasteiger partial charge in [-0.25, -0.2) is 0 Å². The Balaban J connectivity index is 2.44. The van der Waals surface area contributed by atoms with Gasteiger partial charge < -0.3 is 18.9 Å². The van der Waals surface area contributed by atoms with Crippen LogP contribution in [0.2, 0.25) is 0 Å². The third-order valence-corrected chi connectivity index (χ3v) is 5.47. The number of fused-ring (bicyclic) bond motifs is 2. The molecule has 3 rings (SSSR count). The van der Waals surface area contributed by atoms with Crippen molar-refractivity contribution in [3.63, 3.8) is 0 Å². The van der Waals surface area contributed by atoms with Crippen molar-refractivity contribution in [1.82, 2.24) is 0 Å². The molecule has 1 aliphatic rings. The van der Waals surface area contributed by atoms with Gasteiger partial charge in [0.05, 0.1) is 51.7 Å². The van der Waals surface area contributed by atoms with Crippen molar-refractivity contribution in [3.05, 3.63) is 47.5 Å². The highest BCUT2D eigenvalue weighted by atomic mass is 16.5. The van der Waals surface area contributed by atoms with E-state index in [0.717, 1.165) is 0 Å². The van der Waals surface area contributed by atoms with E-state index < -0.39 is 10.8 Å². The van der Waals surface area contributed by atoms with Crippen LogP contribution < -0.4 is 18.9 Å². The van der Waals surface area contributed by atoms with E-state index in [1.165, 1.54) is 26.4 Å². The van der Waals surface area contributed by atoms with E-state index in [2.05, 4.69) is 0 Å². The Morgan fingerprint density at radius 3 is 1.38 bits per heavy atom. The lowest BCUT2D eigenvalue weighted by Gasteiger charge is -2.34. The first kappa shape index (κ1) is 22.3. The van der Waals surface area contributed by atoms with Crippen molar-refractivity contribution in [2.24, 2.45) is 0 Å². The second kappa shape index (κ2) is 9.17. The van der Waals surface area contributed by atoms with Crippen molar-refractivity contribution in [1.29, 1.82) is 21.0 Å². The monoisotopic (exact) mass is 428 g/mol. The van der Waals surface area contributed by atoms with E-state index in [-0.39, 0.29) is 35.8 Å². The summed E-state index contributed by atoms with van der Waals surface area (Å²) < 4.78 is 22.3. The first-order chi connectivity index (χ1) is 15.5. The Bertz CT molecular complexity index is 1060. The molecule has 0 aromatic heterocycles. The number of nitriles is 4. The van der Waals surface area contributed by atoms with Gasteiger partial charge in [0.25, 0.3) is 0 Å². The van der Waals surface area contributed by atoms with Crippen LogP contribution in [0.1, 0.15) is 24.0 Å². The molecule has 2 aromatic rings. The van der Waals surface area contributed by atoms with Crippen LogP contribution in [0.25, 0.3) is 0 Å². The fourth-order valence-corrected chi connectivity index (χ4v) is 3.72. The first-order valence-electron chi connectivity index (χ1n) is 9.83. The van der Waals surface area contributed by atoms with Crippen LogP contribution in [-0.4, -0.2) is 27.4 Å². The molecule has 0 atom stereocenters. The maximum Gasteiger partial charge on any atom is 0.208 e. The lowest BCUT2D eigenvalue weighted by atomic mass is 9.59. The molecule has 0 radical (unpaired) electrons. The van der Waals surface area contributed by atoms with Crippen LogP contribution in [0.5, 0.6) is 23.0 Å². The average molecular weight is 428 g/mol. The van der Waals surface area contributed by atoms with Gasteiger partial charge in [-0.3, -0.25) is 0 Å². The molecule has 0 unspecified atom stereocenters. The summed E-state index contributed by atoms with van der Waals surface area (Å²) in [5.41, 5.74) is -4.25. The summed E-state index contributed by atoms with van der Waals surface area (Å²) in [7, 11) is 2.96. The standard InChI is InChI=1S/C24H20N4O4/c1-29-17-5-7-19-21(11-17)31-9-3-4-10-32-22-12-18(30-2)6-8-20(22)24(15-27,16-28)23(19,13-25)14-26/h5-8,11-12H,3-4,9-10H2,1-2H3. The molecule has 0 saturated carbocycles. The zero-order valence-corrected chi connectivity index (χ0v) is 17.7. The molecule has 32 heavy (non-hydrogen) atoms. The van der Waals surface area contributed by atoms with Crippen molar-refractivity contribution < 1.29 is 18.9 Å². The Morgan fingerprint density at radius 2 is 1.06 bits per heavy atom. The van der Waals surface area contributed by atoms with Gasteiger partial charge in [-0.15, -0.1) is 0 Å². The van der Waals surface area contributed by atoms with Gasteiger partial charge in [0.1, 0.15) is 23.0 Å². The van der Waals surface area contributed by atoms with E-state index in [1.807, 2.05) is 24.3 Å². The van der Waals surface area contributed by atoms with E-state index in [4.69, 9.17) is 18.9 Å². The Morgan fingerprint density at radius 1 is 0.688 bits per heavy atom. The van der Waals surface area contributed by atoms with Crippen LogP contribution in [0, 0.1) is 45.3 Å². The molecule has 0 saturated heterocycles. The molecule has 0 fully saturated rings. The molecule has 160 valence electrons. The predicted molar refractivity (Wildman–Crippen MR) is 112 cm³/mol. The van der Waals surface area contributed by atoms with Gasteiger partial charge in [-0.05, 0) is 37.1 Å². The van der Waals surface area contributed by atoms with Crippen molar-refractivity contribution in [3.8, 4) is 47.3 Å². The van der Waals surface area contributed by atoms with Crippen LogP contribution in [0.15, 0.2) is 36.4 Å². The number of nitrogens with zero attached hydrogens (tertiary/aromatic N) is 4. The minimum atomic E-state index is -2.23. The summed E-state index contributed by atoms with van der Waals surface area (Å²) in [6.45, 7) is 0.571. The molecule has 8 heteroatoms. The van der Waals surface area contributed by atoms with Crippen LogP contribution in [0.4, 0.5) is 0 Å². The van der Waals surface area contributed by atoms with Gasteiger partial charge in [0.2, 0.25) is 10.8 Å². The number of benzene rings is 2. The zero-order valence-electron chi connectivity index (χ0n) is 17.7. The number of rotatable bonds is 2. The number of methoxy groups -OCH3 is 2. The maximum absolute atomic E-state index is 10.3. The number of hydrogen-bond acceptors (Lipinski definition) is 8. The van der Waals surface area contributed by atoms with Gasteiger partial charge >= 0.3 is 0 Å². The van der Waals surface area contributed by atoms with Crippen molar-refractivity contribution in [2.75, 3.05) is 27.4 Å². The minimum Gasteiger partial charge on any atom is -0.497 e. The van der Waals surface area contributed by atoms with Crippen LogP contribution >= 0.6 is 0 Å². The average Bonchev–Trinajstić information content (AvgIpc) is 2.84. The maximum atomic E-state index is 10.3. The van der Waals surface area contributed by atoms with Crippen LogP contribution in [-0.2, 0) is 10.8 Å². The summed E-state index contributed by atoms with van der Waals surface area (Å²) in [6.07, 6.45) is 1.29. The quantitative estimate of drug-likeness (QED) is 0.709. The molecule has 0 spiro atoms. The lowest BCUT2D eigenvalue weighted by Crippen LogP contribution is -2.46. The summed E-state index contributed by atoms with van der Waals surface area (Å²) in [6, 6.07) is 17.0. The first-order valence-corrected chi connectivity index (χ1v) is 9.83. The highest BCUT2D eigenvalue weighted by Gasteiger charge is 2.59. The number of ether oxygens (including phenoxy) is 4. The summed E-state index contributed by atoms with van der Waals surface area (Å²) in [4.78, 5) is 0. The number of hydrogen-bond donors (Lipinski definition) is 0. The summed E-state index contributed by atoms with van der Waals surface area (Å²) in [5.74, 6) is 1.32. The molecule has 0 amide bonds. The van der Waals surface area contributed by atoms with E-state index in [1.54, 1.807) is 24.3 Å². The Labute approximate surface area is 186 Å². The smallest absolute Gasteiger partial charge is 0.208 e. The van der Waals surface area contributed by atoms with Gasteiger partial charge in [-0.2, -0.15) is 21.0 Å². The van der Waals surface area contributed by atoms with E-state index in [0.29, 0.717) is 24.3 Å². The molecular weight excluding hydrogens is 408 g/mol. The fourth-order valence-electron chi connectivity index (χ4n) is 3.72. The molecule has 0 N–H and O–H groups in total. The Hall–Kier alpha value is -4.40. The fraction of sp³-hybridized carbons (Fsp3) is 0.333. The summed E-state index contributed by atoms with van der Waals surface area (Å²) >= 11 is 0. The third-order valence-electron chi connectivity index (χ3n) is 5.47. The van der Waals surface area contributed by atoms with E-state index >= 15 is 0 Å². The molecule has 1 aliphatic heterocycles. The van der Waals surface area contributed by atoms with E-state index in [9.17, 15) is 21.0 Å². The highest BCUT2D eigenvalue weighted by molar-refractivity contribution is 5.66. The highest BCUT2D eigenvalue weighted by Crippen LogP contribution is 2.50. The SMILES string of the molecule is COc1ccc2c(c1)OCCCCOc1cc(OC)ccc1C(C#N)(C#N)C2(C#N)C#N. The zero-order chi connectivity index (χ0) is 23.2. The Kier molecular flexibility index (Phi) is 6.39. The lowest BCUT2D eigenvalue weighted by molar-refractivity contribution is 0.254. The molecule has 0 bridgehead atoms. The minimum absolute atomic E-state index is 0.105.